The number of rotatable bonds is 8. The van der Waals surface area contributed by atoms with Crippen molar-refractivity contribution in [2.24, 2.45) is 10.9 Å². The summed E-state index contributed by atoms with van der Waals surface area (Å²) in [7, 11) is 0. The second-order valence-electron chi connectivity index (χ2n) is 6.16. The molecule has 0 aliphatic carbocycles. The summed E-state index contributed by atoms with van der Waals surface area (Å²) in [4.78, 5) is 18.8. The Morgan fingerprint density at radius 2 is 1.96 bits per heavy atom. The van der Waals surface area contributed by atoms with Crippen LogP contribution in [0.1, 0.15) is 39.5 Å². The van der Waals surface area contributed by atoms with Gasteiger partial charge in [0, 0.05) is 32.7 Å². The Bertz CT molecular complexity index is 523. The number of guanidine groups is 1. The fraction of sp³-hybridized carbons (Fsp3) is 0.765. The van der Waals surface area contributed by atoms with Gasteiger partial charge >= 0.3 is 5.97 Å². The van der Waals surface area contributed by atoms with Gasteiger partial charge in [0.1, 0.15) is 12.7 Å². The van der Waals surface area contributed by atoms with Gasteiger partial charge in [-0.1, -0.05) is 0 Å². The van der Waals surface area contributed by atoms with Crippen molar-refractivity contribution in [3.05, 3.63) is 12.7 Å². The summed E-state index contributed by atoms with van der Waals surface area (Å²) >= 11 is 0. The summed E-state index contributed by atoms with van der Waals surface area (Å²) in [6, 6.07) is 0. The molecule has 140 valence electrons. The van der Waals surface area contributed by atoms with Crippen molar-refractivity contribution in [2.45, 2.75) is 46.1 Å². The Labute approximate surface area is 149 Å². The third-order valence-corrected chi connectivity index (χ3v) is 4.30. The van der Waals surface area contributed by atoms with Crippen LogP contribution in [0.3, 0.4) is 0 Å². The lowest BCUT2D eigenvalue weighted by atomic mass is 9.97. The second kappa shape index (κ2) is 10.7. The maximum Gasteiger partial charge on any atom is 0.309 e. The normalized spacial score (nSPS) is 16.1. The molecule has 2 rings (SSSR count). The number of aromatic nitrogens is 3. The number of aryl methyl sites for hydroxylation is 1. The largest absolute Gasteiger partial charge is 0.466 e. The first kappa shape index (κ1) is 19.2. The highest BCUT2D eigenvalue weighted by Crippen LogP contribution is 2.18. The minimum atomic E-state index is -0.0573. The van der Waals surface area contributed by atoms with Crippen molar-refractivity contribution in [1.82, 2.24) is 25.0 Å². The summed E-state index contributed by atoms with van der Waals surface area (Å²) in [6.45, 7) is 8.63. The van der Waals surface area contributed by atoms with Crippen molar-refractivity contribution in [2.75, 3.05) is 32.8 Å². The minimum absolute atomic E-state index is 0.0304. The molecule has 1 aromatic heterocycles. The molecule has 0 amide bonds. The number of nitrogens with one attached hydrogen (secondary N) is 1. The molecule has 0 atom stereocenters. The van der Waals surface area contributed by atoms with Crippen molar-refractivity contribution in [3.63, 3.8) is 0 Å². The van der Waals surface area contributed by atoms with Gasteiger partial charge < -0.3 is 19.5 Å². The van der Waals surface area contributed by atoms with E-state index in [2.05, 4.69) is 27.3 Å². The van der Waals surface area contributed by atoms with E-state index in [1.54, 1.807) is 12.7 Å². The number of nitrogens with zero attached hydrogens (tertiary/aromatic N) is 5. The Morgan fingerprint density at radius 3 is 2.60 bits per heavy atom. The van der Waals surface area contributed by atoms with Crippen molar-refractivity contribution < 1.29 is 9.53 Å². The van der Waals surface area contributed by atoms with Gasteiger partial charge in [-0.3, -0.25) is 9.79 Å². The Balaban J connectivity index is 1.74. The van der Waals surface area contributed by atoms with E-state index >= 15 is 0 Å². The number of carbonyl (C=O) groups excluding carboxylic acids is 1. The van der Waals surface area contributed by atoms with E-state index in [1.165, 1.54) is 0 Å². The molecule has 0 bridgehead atoms. The SMILES string of the molecule is CCNC(=NCCCCn1cnnc1)N1CCC(C(=O)OCC)CC1. The highest BCUT2D eigenvalue weighted by atomic mass is 16.5. The first-order valence-electron chi connectivity index (χ1n) is 9.26. The summed E-state index contributed by atoms with van der Waals surface area (Å²) < 4.78 is 7.11. The maximum atomic E-state index is 11.8. The van der Waals surface area contributed by atoms with Crippen LogP contribution >= 0.6 is 0 Å². The number of unbranched alkanes of at least 4 members (excludes halogenated alkanes) is 1. The van der Waals surface area contributed by atoms with Gasteiger partial charge in [-0.2, -0.15) is 0 Å². The lowest BCUT2D eigenvalue weighted by molar-refractivity contribution is -0.149. The van der Waals surface area contributed by atoms with E-state index in [4.69, 9.17) is 9.73 Å². The number of hydrogen-bond donors (Lipinski definition) is 1. The summed E-state index contributed by atoms with van der Waals surface area (Å²) in [5, 5.41) is 11.0. The quantitative estimate of drug-likeness (QED) is 0.329. The number of aliphatic imine (C=N–C) groups is 1. The molecule has 1 saturated heterocycles. The number of carbonyl (C=O) groups is 1. The molecule has 1 aliphatic rings. The number of hydrogen-bond acceptors (Lipinski definition) is 5. The molecule has 0 radical (unpaired) electrons. The van der Waals surface area contributed by atoms with Crippen molar-refractivity contribution in [3.8, 4) is 0 Å². The monoisotopic (exact) mass is 350 g/mol. The van der Waals surface area contributed by atoms with Crippen LogP contribution in [-0.2, 0) is 16.1 Å². The summed E-state index contributed by atoms with van der Waals surface area (Å²) in [5.74, 6) is 0.926. The average Bonchev–Trinajstić information content (AvgIpc) is 3.14. The fourth-order valence-electron chi connectivity index (χ4n) is 2.94. The van der Waals surface area contributed by atoms with Crippen molar-refractivity contribution in [1.29, 1.82) is 0 Å². The molecule has 8 heteroatoms. The molecular formula is C17H30N6O2. The highest BCUT2D eigenvalue weighted by Gasteiger charge is 2.27. The van der Waals surface area contributed by atoms with E-state index in [0.717, 1.165) is 64.4 Å². The van der Waals surface area contributed by atoms with Gasteiger partial charge in [-0.05, 0) is 39.5 Å². The lowest BCUT2D eigenvalue weighted by Gasteiger charge is -2.33. The standard InChI is InChI=1S/C17H30N6O2/c1-3-18-17(19-9-5-6-10-22-13-20-21-14-22)23-11-7-15(8-12-23)16(24)25-4-2/h13-15H,3-12H2,1-2H3,(H,18,19). The highest BCUT2D eigenvalue weighted by molar-refractivity contribution is 5.80. The van der Waals surface area contributed by atoms with Crippen LogP contribution < -0.4 is 5.32 Å². The Morgan fingerprint density at radius 1 is 1.24 bits per heavy atom. The van der Waals surface area contributed by atoms with E-state index in [1.807, 2.05) is 11.5 Å². The number of piperidine rings is 1. The second-order valence-corrected chi connectivity index (χ2v) is 6.16. The predicted molar refractivity (Wildman–Crippen MR) is 96.2 cm³/mol. The zero-order valence-corrected chi connectivity index (χ0v) is 15.4. The average molecular weight is 350 g/mol. The van der Waals surface area contributed by atoms with E-state index in [-0.39, 0.29) is 11.9 Å². The van der Waals surface area contributed by atoms with Gasteiger partial charge in [-0.15, -0.1) is 10.2 Å². The summed E-state index contributed by atoms with van der Waals surface area (Å²) in [5.41, 5.74) is 0. The molecular weight excluding hydrogens is 320 g/mol. The van der Waals surface area contributed by atoms with Crippen LogP contribution in [0.15, 0.2) is 17.6 Å². The number of likely N-dealkylation sites (tertiary alicyclic amines) is 1. The molecule has 1 fully saturated rings. The topological polar surface area (TPSA) is 84.6 Å². The first-order chi connectivity index (χ1) is 12.2. The third kappa shape index (κ3) is 6.36. The van der Waals surface area contributed by atoms with E-state index in [9.17, 15) is 4.79 Å². The van der Waals surface area contributed by atoms with Crippen LogP contribution in [0.25, 0.3) is 0 Å². The molecule has 0 aromatic carbocycles. The van der Waals surface area contributed by atoms with E-state index in [0.29, 0.717) is 6.61 Å². The Kier molecular flexibility index (Phi) is 8.21. The molecule has 0 saturated carbocycles. The first-order valence-corrected chi connectivity index (χ1v) is 9.26. The van der Waals surface area contributed by atoms with Crippen LogP contribution in [0.4, 0.5) is 0 Å². The zero-order chi connectivity index (χ0) is 17.9. The molecule has 25 heavy (non-hydrogen) atoms. The molecule has 8 nitrogen and oxygen atoms in total. The lowest BCUT2D eigenvalue weighted by Crippen LogP contribution is -2.46. The molecule has 0 spiro atoms. The van der Waals surface area contributed by atoms with Gasteiger partial charge in [-0.25, -0.2) is 0 Å². The fourth-order valence-corrected chi connectivity index (χ4v) is 2.94. The number of esters is 1. The van der Waals surface area contributed by atoms with Crippen molar-refractivity contribution >= 4 is 11.9 Å². The zero-order valence-electron chi connectivity index (χ0n) is 15.4. The third-order valence-electron chi connectivity index (χ3n) is 4.30. The van der Waals surface area contributed by atoms with Gasteiger partial charge in [0.05, 0.1) is 12.5 Å². The molecule has 0 unspecified atom stereocenters. The van der Waals surface area contributed by atoms with Gasteiger partial charge in [0.25, 0.3) is 0 Å². The Hall–Kier alpha value is -2.12. The molecule has 1 N–H and O–H groups in total. The van der Waals surface area contributed by atoms with Gasteiger partial charge in [0.2, 0.25) is 0 Å². The van der Waals surface area contributed by atoms with Crippen LogP contribution in [0, 0.1) is 5.92 Å². The number of ether oxygens (including phenoxy) is 1. The van der Waals surface area contributed by atoms with Gasteiger partial charge in [0.15, 0.2) is 5.96 Å². The molecule has 1 aromatic rings. The predicted octanol–water partition coefficient (Wildman–Crippen LogP) is 1.30. The van der Waals surface area contributed by atoms with E-state index < -0.39 is 0 Å². The minimum Gasteiger partial charge on any atom is -0.466 e. The maximum absolute atomic E-state index is 11.8. The van der Waals surface area contributed by atoms with Crippen LogP contribution in [0.5, 0.6) is 0 Å². The van der Waals surface area contributed by atoms with Crippen LogP contribution in [0.2, 0.25) is 0 Å². The summed E-state index contributed by atoms with van der Waals surface area (Å²) in [6.07, 6.45) is 7.20. The van der Waals surface area contributed by atoms with Crippen LogP contribution in [-0.4, -0.2) is 64.4 Å². The molecule has 1 aliphatic heterocycles. The molecule has 2 heterocycles. The smallest absolute Gasteiger partial charge is 0.309 e.